The first-order chi connectivity index (χ1) is 11.8. The van der Waals surface area contributed by atoms with Crippen molar-refractivity contribution in [3.8, 4) is 17.2 Å². The molecule has 5 nitrogen and oxygen atoms in total. The molecule has 0 spiro atoms. The highest BCUT2D eigenvalue weighted by molar-refractivity contribution is 5.94. The molecule has 0 unspecified atom stereocenters. The van der Waals surface area contributed by atoms with Crippen molar-refractivity contribution in [1.29, 1.82) is 0 Å². The molecule has 0 aliphatic heterocycles. The molecule has 5 heteroatoms. The van der Waals surface area contributed by atoms with Gasteiger partial charge in [0, 0.05) is 23.9 Å². The van der Waals surface area contributed by atoms with Crippen LogP contribution in [0.1, 0.15) is 22.8 Å². The number of carbonyl (C=O) groups excluding carboxylic acids is 1. The molecule has 3 rings (SSSR count). The van der Waals surface area contributed by atoms with Crippen LogP contribution in [0.3, 0.4) is 0 Å². The second-order valence-electron chi connectivity index (χ2n) is 5.13. The summed E-state index contributed by atoms with van der Waals surface area (Å²) in [4.78, 5) is 16.6. The third-order valence-corrected chi connectivity index (χ3v) is 3.51. The summed E-state index contributed by atoms with van der Waals surface area (Å²) in [6, 6.07) is 14.5. The van der Waals surface area contributed by atoms with E-state index >= 15 is 0 Å². The second-order valence-corrected chi connectivity index (χ2v) is 5.13. The molecule has 0 atom stereocenters. The van der Waals surface area contributed by atoms with Crippen LogP contribution in [0.5, 0.6) is 5.75 Å². The summed E-state index contributed by atoms with van der Waals surface area (Å²) in [5.41, 5.74) is 2.21. The Morgan fingerprint density at radius 1 is 1.17 bits per heavy atom. The highest BCUT2D eigenvalue weighted by Crippen LogP contribution is 2.21. The first-order valence-electron chi connectivity index (χ1n) is 7.76. The van der Waals surface area contributed by atoms with Crippen LogP contribution in [0, 0.1) is 0 Å². The lowest BCUT2D eigenvalue weighted by Crippen LogP contribution is -2.23. The zero-order chi connectivity index (χ0) is 16.8. The molecule has 2 heterocycles. The van der Waals surface area contributed by atoms with E-state index in [0.29, 0.717) is 24.5 Å². The number of hydrogen-bond acceptors (Lipinski definition) is 4. The van der Waals surface area contributed by atoms with Gasteiger partial charge < -0.3 is 14.5 Å². The molecule has 0 saturated heterocycles. The summed E-state index contributed by atoms with van der Waals surface area (Å²) in [5, 5.41) is 2.91. The van der Waals surface area contributed by atoms with Gasteiger partial charge in [-0.05, 0) is 49.4 Å². The lowest BCUT2D eigenvalue weighted by Gasteiger charge is -2.09. The molecule has 0 saturated carbocycles. The maximum Gasteiger partial charge on any atom is 0.251 e. The van der Waals surface area contributed by atoms with Gasteiger partial charge in [-0.1, -0.05) is 6.07 Å². The van der Waals surface area contributed by atoms with E-state index in [1.165, 1.54) is 0 Å². The lowest BCUT2D eigenvalue weighted by atomic mass is 10.1. The van der Waals surface area contributed by atoms with E-state index in [2.05, 4.69) is 10.3 Å². The lowest BCUT2D eigenvalue weighted by molar-refractivity contribution is 0.0951. The van der Waals surface area contributed by atoms with Gasteiger partial charge in [0.2, 0.25) is 0 Å². The van der Waals surface area contributed by atoms with Gasteiger partial charge in [0.1, 0.15) is 11.4 Å². The van der Waals surface area contributed by atoms with Gasteiger partial charge in [0.25, 0.3) is 5.91 Å². The highest BCUT2D eigenvalue weighted by Gasteiger charge is 2.11. The molecule has 2 aromatic heterocycles. The highest BCUT2D eigenvalue weighted by atomic mass is 16.5. The number of nitrogens with zero attached hydrogens (tertiary/aromatic N) is 1. The summed E-state index contributed by atoms with van der Waals surface area (Å²) in [6.45, 7) is 2.89. The molecule has 0 radical (unpaired) electrons. The minimum atomic E-state index is -0.146. The van der Waals surface area contributed by atoms with Gasteiger partial charge in [-0.25, -0.2) is 0 Å². The number of pyridine rings is 1. The Labute approximate surface area is 140 Å². The van der Waals surface area contributed by atoms with Gasteiger partial charge in [0.15, 0.2) is 5.76 Å². The van der Waals surface area contributed by atoms with Crippen LogP contribution in [0.4, 0.5) is 0 Å². The van der Waals surface area contributed by atoms with E-state index in [-0.39, 0.29) is 5.91 Å². The molecule has 122 valence electrons. The summed E-state index contributed by atoms with van der Waals surface area (Å²) >= 11 is 0. The summed E-state index contributed by atoms with van der Waals surface area (Å²) in [7, 11) is 0. The van der Waals surface area contributed by atoms with E-state index in [4.69, 9.17) is 9.15 Å². The number of rotatable bonds is 6. The quantitative estimate of drug-likeness (QED) is 0.752. The second kappa shape index (κ2) is 7.46. The Bertz CT molecular complexity index is 796. The average Bonchev–Trinajstić information content (AvgIpc) is 3.15. The number of amides is 1. The van der Waals surface area contributed by atoms with Crippen molar-refractivity contribution >= 4 is 5.91 Å². The van der Waals surface area contributed by atoms with E-state index in [1.807, 2.05) is 31.2 Å². The molecule has 1 amide bonds. The van der Waals surface area contributed by atoms with Gasteiger partial charge in [-0.2, -0.15) is 0 Å². The first-order valence-corrected chi connectivity index (χ1v) is 7.76. The molecule has 0 aliphatic rings. The number of ether oxygens (including phenoxy) is 1. The maximum absolute atomic E-state index is 12.3. The van der Waals surface area contributed by atoms with Crippen LogP contribution in [-0.4, -0.2) is 17.5 Å². The van der Waals surface area contributed by atoms with Crippen molar-refractivity contribution in [3.63, 3.8) is 0 Å². The fourth-order valence-corrected chi connectivity index (χ4v) is 2.36. The van der Waals surface area contributed by atoms with Gasteiger partial charge in [-0.15, -0.1) is 0 Å². The normalized spacial score (nSPS) is 10.4. The van der Waals surface area contributed by atoms with Crippen LogP contribution in [0.2, 0.25) is 0 Å². The molecule has 1 aromatic carbocycles. The van der Waals surface area contributed by atoms with Crippen molar-refractivity contribution in [2.24, 2.45) is 0 Å². The van der Waals surface area contributed by atoms with Gasteiger partial charge >= 0.3 is 0 Å². The van der Waals surface area contributed by atoms with Crippen molar-refractivity contribution in [3.05, 3.63) is 72.1 Å². The largest absolute Gasteiger partial charge is 0.494 e. The van der Waals surface area contributed by atoms with Crippen LogP contribution in [-0.2, 0) is 6.54 Å². The predicted molar refractivity (Wildman–Crippen MR) is 90.7 cm³/mol. The number of nitrogens with one attached hydrogen (secondary N) is 1. The van der Waals surface area contributed by atoms with Crippen molar-refractivity contribution in [1.82, 2.24) is 10.3 Å². The molecule has 0 bridgehead atoms. The number of carbonyl (C=O) groups is 1. The number of aromatic nitrogens is 1. The Hall–Kier alpha value is -3.08. The summed E-state index contributed by atoms with van der Waals surface area (Å²) in [5.74, 6) is 1.29. The number of benzene rings is 1. The Morgan fingerprint density at radius 3 is 2.71 bits per heavy atom. The smallest absolute Gasteiger partial charge is 0.251 e. The van der Waals surface area contributed by atoms with Gasteiger partial charge in [0.05, 0.1) is 12.9 Å². The maximum atomic E-state index is 12.3. The Balaban J connectivity index is 1.69. The van der Waals surface area contributed by atoms with E-state index in [9.17, 15) is 4.79 Å². The molecule has 0 aliphatic carbocycles. The summed E-state index contributed by atoms with van der Waals surface area (Å²) in [6.07, 6.45) is 3.31. The Kier molecular flexibility index (Phi) is 4.91. The number of furan rings is 1. The van der Waals surface area contributed by atoms with Gasteiger partial charge in [-0.3, -0.25) is 9.78 Å². The zero-order valence-electron chi connectivity index (χ0n) is 13.4. The first kappa shape index (κ1) is 15.8. The minimum Gasteiger partial charge on any atom is -0.494 e. The predicted octanol–water partition coefficient (Wildman–Crippen LogP) is 3.67. The van der Waals surface area contributed by atoms with E-state index < -0.39 is 0 Å². The minimum absolute atomic E-state index is 0.146. The van der Waals surface area contributed by atoms with E-state index in [0.717, 1.165) is 17.0 Å². The monoisotopic (exact) mass is 322 g/mol. The molecular weight excluding hydrogens is 304 g/mol. The van der Waals surface area contributed by atoms with Crippen molar-refractivity contribution < 1.29 is 13.9 Å². The van der Waals surface area contributed by atoms with Crippen LogP contribution < -0.4 is 10.1 Å². The fraction of sp³-hybridized carbons (Fsp3) is 0.158. The third-order valence-electron chi connectivity index (χ3n) is 3.51. The molecule has 24 heavy (non-hydrogen) atoms. The average molecular weight is 322 g/mol. The Morgan fingerprint density at radius 2 is 2.00 bits per heavy atom. The fourth-order valence-electron chi connectivity index (χ4n) is 2.36. The van der Waals surface area contributed by atoms with Crippen LogP contribution in [0.15, 0.2) is 65.4 Å². The topological polar surface area (TPSA) is 64.4 Å². The zero-order valence-corrected chi connectivity index (χ0v) is 13.4. The van der Waals surface area contributed by atoms with Crippen LogP contribution in [0.25, 0.3) is 11.5 Å². The standard InChI is InChI=1S/C19H18N2O3/c1-2-23-16-9-7-14(8-10-16)19(22)21-13-15-5-3-11-20-18(15)17-6-4-12-24-17/h3-12H,2,13H2,1H3,(H,21,22). The third kappa shape index (κ3) is 3.63. The molecule has 0 fully saturated rings. The molecule has 3 aromatic rings. The van der Waals surface area contributed by atoms with E-state index in [1.54, 1.807) is 36.7 Å². The van der Waals surface area contributed by atoms with Crippen molar-refractivity contribution in [2.75, 3.05) is 6.61 Å². The molecular formula is C19H18N2O3. The molecule has 1 N–H and O–H groups in total. The number of hydrogen-bond donors (Lipinski definition) is 1. The van der Waals surface area contributed by atoms with Crippen molar-refractivity contribution in [2.45, 2.75) is 13.5 Å². The van der Waals surface area contributed by atoms with Crippen LogP contribution >= 0.6 is 0 Å². The SMILES string of the molecule is CCOc1ccc(C(=O)NCc2cccnc2-c2ccco2)cc1. The summed E-state index contributed by atoms with van der Waals surface area (Å²) < 4.78 is 10.8.